The van der Waals surface area contributed by atoms with Gasteiger partial charge in [-0.1, -0.05) is 30.0 Å². The third kappa shape index (κ3) is 2.92. The number of aliphatic hydroxyl groups is 1. The molecule has 0 saturated carbocycles. The summed E-state index contributed by atoms with van der Waals surface area (Å²) in [4.78, 5) is 16.6. The maximum absolute atomic E-state index is 12.2. The van der Waals surface area contributed by atoms with Gasteiger partial charge in [0, 0.05) is 6.42 Å². The number of ketones is 1. The van der Waals surface area contributed by atoms with Gasteiger partial charge in [-0.2, -0.15) is 0 Å². The molecular weight excluding hydrogens is 286 g/mol. The molecule has 2 aromatic rings. The number of carbonyl (C=O) groups excluding carboxylic acids is 1. The summed E-state index contributed by atoms with van der Waals surface area (Å²) in [6, 6.07) is 13.0. The molecule has 0 spiro atoms. The van der Waals surface area contributed by atoms with Gasteiger partial charge in [0.1, 0.15) is 10.8 Å². The molecule has 1 unspecified atom stereocenters. The van der Waals surface area contributed by atoms with Gasteiger partial charge in [-0.15, -0.1) is 0 Å². The molecule has 0 aliphatic carbocycles. The lowest BCUT2D eigenvalue weighted by atomic mass is 10.1. The average Bonchev–Trinajstić information content (AvgIpc) is 3.02. The van der Waals surface area contributed by atoms with Crippen molar-refractivity contribution >= 4 is 28.3 Å². The highest BCUT2D eigenvalue weighted by Gasteiger charge is 2.32. The number of para-hydroxylation sites is 1. The van der Waals surface area contributed by atoms with Crippen LogP contribution in [-0.2, 0) is 4.79 Å². The van der Waals surface area contributed by atoms with Crippen molar-refractivity contribution in [2.24, 2.45) is 4.99 Å². The van der Waals surface area contributed by atoms with Crippen LogP contribution in [0.2, 0.25) is 0 Å². The highest BCUT2D eigenvalue weighted by Crippen LogP contribution is 2.41. The van der Waals surface area contributed by atoms with Crippen molar-refractivity contribution in [3.05, 3.63) is 66.3 Å². The monoisotopic (exact) mass is 299 g/mol. The fourth-order valence-corrected chi connectivity index (χ4v) is 3.31. The minimum atomic E-state index is -0.132. The lowest BCUT2D eigenvalue weighted by Gasteiger charge is -2.21. The third-order valence-corrected chi connectivity index (χ3v) is 4.35. The molecule has 21 heavy (non-hydrogen) atoms. The predicted molar refractivity (Wildman–Crippen MR) is 82.9 cm³/mol. The van der Waals surface area contributed by atoms with Crippen LogP contribution in [0.1, 0.15) is 17.4 Å². The van der Waals surface area contributed by atoms with E-state index in [9.17, 15) is 9.90 Å². The van der Waals surface area contributed by atoms with Crippen LogP contribution >= 0.6 is 11.8 Å². The number of benzene rings is 1. The molecule has 5 heteroatoms. The fourth-order valence-electron chi connectivity index (χ4n) is 2.10. The van der Waals surface area contributed by atoms with Gasteiger partial charge in [-0.3, -0.25) is 4.79 Å². The second kappa shape index (κ2) is 6.01. The molecule has 106 valence electrons. The van der Waals surface area contributed by atoms with Crippen molar-refractivity contribution in [2.75, 3.05) is 0 Å². The summed E-state index contributed by atoms with van der Waals surface area (Å²) in [7, 11) is 0. The molecule has 1 aliphatic heterocycles. The van der Waals surface area contributed by atoms with Crippen molar-refractivity contribution < 1.29 is 14.3 Å². The number of thioether (sulfide) groups is 1. The topological polar surface area (TPSA) is 62.8 Å². The summed E-state index contributed by atoms with van der Waals surface area (Å²) in [5.74, 6) is 0.610. The fraction of sp³-hybridized carbons (Fsp3) is 0.125. The van der Waals surface area contributed by atoms with E-state index in [4.69, 9.17) is 4.42 Å². The van der Waals surface area contributed by atoms with E-state index in [1.807, 2.05) is 36.4 Å². The molecule has 3 rings (SSSR count). The summed E-state index contributed by atoms with van der Waals surface area (Å²) >= 11 is 1.43. The highest BCUT2D eigenvalue weighted by atomic mass is 32.2. The van der Waals surface area contributed by atoms with Gasteiger partial charge in [0.05, 0.1) is 29.0 Å². The van der Waals surface area contributed by atoms with Gasteiger partial charge in [0.15, 0.2) is 5.78 Å². The number of Topliss-reactive ketones (excluding diaryl/α,β-unsaturated/α-hetero) is 1. The SMILES string of the molecule is O=C1CC(c2ccco2)SC(=Nc2ccccc2)/C1=C\O. The zero-order valence-corrected chi connectivity index (χ0v) is 11.9. The van der Waals surface area contributed by atoms with Gasteiger partial charge in [-0.05, 0) is 24.3 Å². The van der Waals surface area contributed by atoms with Crippen molar-refractivity contribution in [3.8, 4) is 0 Å². The predicted octanol–water partition coefficient (Wildman–Crippen LogP) is 4.20. The van der Waals surface area contributed by atoms with Gasteiger partial charge >= 0.3 is 0 Å². The zero-order chi connectivity index (χ0) is 14.7. The smallest absolute Gasteiger partial charge is 0.170 e. The first-order valence-corrected chi connectivity index (χ1v) is 7.37. The number of aliphatic imine (C=N–C) groups is 1. The third-order valence-electron chi connectivity index (χ3n) is 3.13. The molecule has 1 aromatic heterocycles. The standard InChI is InChI=1S/C16H13NO3S/c18-10-12-13(19)9-15(14-7-4-8-20-14)21-16(12)17-11-5-2-1-3-6-11/h1-8,10,15,18H,9H2/b12-10-,17-16?. The number of carbonyl (C=O) groups is 1. The second-order valence-corrected chi connectivity index (χ2v) is 5.74. The zero-order valence-electron chi connectivity index (χ0n) is 11.1. The molecular formula is C16H13NO3S. The molecule has 0 radical (unpaired) electrons. The van der Waals surface area contributed by atoms with E-state index in [-0.39, 0.29) is 16.6 Å². The molecule has 1 fully saturated rings. The Morgan fingerprint density at radius 3 is 2.71 bits per heavy atom. The van der Waals surface area contributed by atoms with Crippen molar-refractivity contribution in [3.63, 3.8) is 0 Å². The summed E-state index contributed by atoms with van der Waals surface area (Å²) in [6.45, 7) is 0. The summed E-state index contributed by atoms with van der Waals surface area (Å²) in [5, 5.41) is 9.73. The number of aliphatic hydroxyl groups excluding tert-OH is 1. The van der Waals surface area contributed by atoms with Crippen LogP contribution in [0.5, 0.6) is 0 Å². The molecule has 1 saturated heterocycles. The molecule has 1 aliphatic rings. The summed E-state index contributed by atoms with van der Waals surface area (Å²) in [6.07, 6.45) is 2.72. The van der Waals surface area contributed by atoms with Crippen LogP contribution in [0.25, 0.3) is 0 Å². The van der Waals surface area contributed by atoms with Crippen LogP contribution < -0.4 is 0 Å². The van der Waals surface area contributed by atoms with E-state index in [0.29, 0.717) is 11.5 Å². The molecule has 0 bridgehead atoms. The number of furan rings is 1. The largest absolute Gasteiger partial charge is 0.515 e. The first kappa shape index (κ1) is 13.7. The second-order valence-electron chi connectivity index (χ2n) is 4.54. The Hall–Kier alpha value is -2.27. The number of hydrogen-bond acceptors (Lipinski definition) is 5. The number of rotatable bonds is 2. The Morgan fingerprint density at radius 2 is 2.05 bits per heavy atom. The normalized spacial score (nSPS) is 22.9. The maximum atomic E-state index is 12.2. The number of nitrogens with zero attached hydrogens (tertiary/aromatic N) is 1. The molecule has 1 aromatic carbocycles. The summed E-state index contributed by atoms with van der Waals surface area (Å²) in [5.41, 5.74) is 0.999. The van der Waals surface area contributed by atoms with Crippen LogP contribution in [0.3, 0.4) is 0 Å². The molecule has 2 heterocycles. The lowest BCUT2D eigenvalue weighted by Crippen LogP contribution is -2.20. The van der Waals surface area contributed by atoms with Crippen LogP contribution in [0, 0.1) is 0 Å². The minimum absolute atomic E-state index is 0.112. The summed E-state index contributed by atoms with van der Waals surface area (Å²) < 4.78 is 5.38. The molecule has 4 nitrogen and oxygen atoms in total. The first-order chi connectivity index (χ1) is 10.3. The Morgan fingerprint density at radius 1 is 1.24 bits per heavy atom. The van der Waals surface area contributed by atoms with Gasteiger partial charge in [0.2, 0.25) is 0 Å². The van der Waals surface area contributed by atoms with Gasteiger partial charge in [0.25, 0.3) is 0 Å². The van der Waals surface area contributed by atoms with Gasteiger partial charge < -0.3 is 9.52 Å². The van der Waals surface area contributed by atoms with Crippen molar-refractivity contribution in [1.82, 2.24) is 0 Å². The highest BCUT2D eigenvalue weighted by molar-refractivity contribution is 8.14. The van der Waals surface area contributed by atoms with Crippen molar-refractivity contribution in [2.45, 2.75) is 11.7 Å². The van der Waals surface area contributed by atoms with E-state index >= 15 is 0 Å². The molecule has 1 atom stereocenters. The Balaban J connectivity index is 1.95. The van der Waals surface area contributed by atoms with E-state index in [2.05, 4.69) is 4.99 Å². The average molecular weight is 299 g/mol. The molecule has 0 amide bonds. The lowest BCUT2D eigenvalue weighted by molar-refractivity contribution is -0.115. The van der Waals surface area contributed by atoms with Crippen LogP contribution in [0.15, 0.2) is 70.0 Å². The molecule has 1 N–H and O–H groups in total. The number of hydrogen-bond donors (Lipinski definition) is 1. The van der Waals surface area contributed by atoms with E-state index in [1.165, 1.54) is 11.8 Å². The van der Waals surface area contributed by atoms with E-state index < -0.39 is 0 Å². The Labute approximate surface area is 126 Å². The maximum Gasteiger partial charge on any atom is 0.170 e. The minimum Gasteiger partial charge on any atom is -0.515 e. The van der Waals surface area contributed by atoms with E-state index in [0.717, 1.165) is 17.7 Å². The van der Waals surface area contributed by atoms with Gasteiger partial charge in [-0.25, -0.2) is 4.99 Å². The van der Waals surface area contributed by atoms with Crippen LogP contribution in [0.4, 0.5) is 5.69 Å². The van der Waals surface area contributed by atoms with Crippen LogP contribution in [-0.4, -0.2) is 15.9 Å². The Kier molecular flexibility index (Phi) is 3.92. The van der Waals surface area contributed by atoms with E-state index in [1.54, 1.807) is 12.3 Å². The first-order valence-electron chi connectivity index (χ1n) is 6.49. The Bertz CT molecular complexity index is 690. The van der Waals surface area contributed by atoms with Crippen molar-refractivity contribution in [1.29, 1.82) is 0 Å². The quantitative estimate of drug-likeness (QED) is 0.667.